The fraction of sp³-hybridized carbons (Fsp3) is 0.680. The summed E-state index contributed by atoms with van der Waals surface area (Å²) < 4.78 is 0. The Morgan fingerprint density at radius 2 is 1.84 bits per heavy atom. The second-order valence-electron chi connectivity index (χ2n) is 10.4. The third-order valence-corrected chi connectivity index (χ3v) is 9.54. The molecular formula is C25H34. The molecule has 0 N–H and O–H groups in total. The van der Waals surface area contributed by atoms with Gasteiger partial charge in [0.05, 0.1) is 0 Å². The number of rotatable bonds is 0. The van der Waals surface area contributed by atoms with E-state index in [1.807, 2.05) is 5.57 Å². The molecule has 25 heavy (non-hydrogen) atoms. The molecule has 0 amide bonds. The fourth-order valence-electron chi connectivity index (χ4n) is 7.93. The topological polar surface area (TPSA) is 0 Å². The van der Waals surface area contributed by atoms with Gasteiger partial charge >= 0.3 is 0 Å². The first kappa shape index (κ1) is 16.2. The smallest absolute Gasteiger partial charge is 0.0101 e. The van der Waals surface area contributed by atoms with E-state index in [9.17, 15) is 0 Å². The van der Waals surface area contributed by atoms with Crippen LogP contribution in [0.25, 0.3) is 0 Å². The molecule has 0 aromatic rings. The van der Waals surface area contributed by atoms with E-state index in [0.717, 1.165) is 11.8 Å². The molecule has 5 aliphatic rings. The van der Waals surface area contributed by atoms with Crippen LogP contribution in [0.5, 0.6) is 0 Å². The maximum atomic E-state index is 4.36. The third-order valence-electron chi connectivity index (χ3n) is 9.54. The summed E-state index contributed by atoms with van der Waals surface area (Å²) in [5, 5.41) is 0. The predicted octanol–water partition coefficient (Wildman–Crippen LogP) is 7.15. The highest BCUT2D eigenvalue weighted by Crippen LogP contribution is 2.72. The zero-order valence-corrected chi connectivity index (χ0v) is 16.3. The Hall–Kier alpha value is -1.04. The summed E-state index contributed by atoms with van der Waals surface area (Å²) in [6.07, 6.45) is 18.6. The van der Waals surface area contributed by atoms with Crippen molar-refractivity contribution in [2.75, 3.05) is 0 Å². The van der Waals surface area contributed by atoms with Crippen LogP contribution in [0.3, 0.4) is 0 Å². The van der Waals surface area contributed by atoms with Crippen molar-refractivity contribution in [2.45, 2.75) is 78.1 Å². The maximum absolute atomic E-state index is 4.36. The van der Waals surface area contributed by atoms with E-state index in [1.54, 1.807) is 5.57 Å². The lowest BCUT2D eigenvalue weighted by Crippen LogP contribution is -2.46. The minimum atomic E-state index is 0.348. The van der Waals surface area contributed by atoms with E-state index < -0.39 is 0 Å². The lowest BCUT2D eigenvalue weighted by molar-refractivity contribution is 0.0211. The van der Waals surface area contributed by atoms with Crippen molar-refractivity contribution in [3.05, 3.63) is 47.6 Å². The molecule has 5 rings (SSSR count). The van der Waals surface area contributed by atoms with Crippen molar-refractivity contribution < 1.29 is 0 Å². The molecule has 0 nitrogen and oxygen atoms in total. The van der Waals surface area contributed by atoms with Crippen LogP contribution in [-0.2, 0) is 0 Å². The van der Waals surface area contributed by atoms with Crippen molar-refractivity contribution in [3.8, 4) is 0 Å². The van der Waals surface area contributed by atoms with Crippen LogP contribution >= 0.6 is 0 Å². The van der Waals surface area contributed by atoms with E-state index >= 15 is 0 Å². The molecule has 0 heterocycles. The molecule has 3 fully saturated rings. The predicted molar refractivity (Wildman–Crippen MR) is 106 cm³/mol. The van der Waals surface area contributed by atoms with Gasteiger partial charge in [-0.15, -0.1) is 0 Å². The molecule has 0 radical (unpaired) electrons. The minimum absolute atomic E-state index is 0.348. The lowest BCUT2D eigenvalue weighted by atomic mass is 9.49. The fourth-order valence-corrected chi connectivity index (χ4v) is 7.93. The normalized spacial score (nSPS) is 48.7. The van der Waals surface area contributed by atoms with Gasteiger partial charge in [0, 0.05) is 5.41 Å². The van der Waals surface area contributed by atoms with Crippen LogP contribution < -0.4 is 0 Å². The molecule has 0 aromatic carbocycles. The molecule has 0 heteroatoms. The molecule has 0 saturated heterocycles. The van der Waals surface area contributed by atoms with E-state index in [-0.39, 0.29) is 0 Å². The molecule has 1 spiro atoms. The van der Waals surface area contributed by atoms with Gasteiger partial charge in [-0.3, -0.25) is 0 Å². The first-order valence-electron chi connectivity index (χ1n) is 10.6. The zero-order valence-electron chi connectivity index (χ0n) is 16.3. The van der Waals surface area contributed by atoms with Crippen LogP contribution in [0.15, 0.2) is 47.6 Å². The van der Waals surface area contributed by atoms with Crippen molar-refractivity contribution in [1.82, 2.24) is 0 Å². The van der Waals surface area contributed by atoms with Crippen LogP contribution in [0, 0.1) is 28.1 Å². The van der Waals surface area contributed by atoms with E-state index in [2.05, 4.69) is 39.2 Å². The Bertz CT molecular complexity index is 718. The van der Waals surface area contributed by atoms with Crippen LogP contribution in [0.4, 0.5) is 0 Å². The van der Waals surface area contributed by atoms with E-state index in [0.29, 0.717) is 16.2 Å². The molecule has 134 valence electrons. The summed E-state index contributed by atoms with van der Waals surface area (Å²) in [7, 11) is 0. The Morgan fingerprint density at radius 1 is 1.00 bits per heavy atom. The van der Waals surface area contributed by atoms with Crippen molar-refractivity contribution in [2.24, 2.45) is 28.1 Å². The molecule has 0 aromatic heterocycles. The van der Waals surface area contributed by atoms with Gasteiger partial charge in [0.1, 0.15) is 0 Å². The van der Waals surface area contributed by atoms with E-state index in [1.165, 1.54) is 75.4 Å². The average molecular weight is 335 g/mol. The summed E-state index contributed by atoms with van der Waals surface area (Å²) in [6, 6.07) is 0. The van der Waals surface area contributed by atoms with Gasteiger partial charge in [-0.1, -0.05) is 61.4 Å². The Balaban J connectivity index is 1.55. The highest BCUT2D eigenvalue weighted by Gasteiger charge is 2.62. The van der Waals surface area contributed by atoms with Gasteiger partial charge in [-0.05, 0) is 86.9 Å². The van der Waals surface area contributed by atoms with Crippen molar-refractivity contribution in [3.63, 3.8) is 0 Å². The monoisotopic (exact) mass is 334 g/mol. The summed E-state index contributed by atoms with van der Waals surface area (Å²) in [5.41, 5.74) is 7.86. The average Bonchev–Trinajstić information content (AvgIpc) is 3.10. The van der Waals surface area contributed by atoms with Crippen LogP contribution in [0.1, 0.15) is 78.1 Å². The molecule has 3 saturated carbocycles. The summed E-state index contributed by atoms with van der Waals surface area (Å²) >= 11 is 0. The number of allylic oxidation sites excluding steroid dienone is 6. The zero-order chi connectivity index (χ0) is 17.4. The summed E-state index contributed by atoms with van der Waals surface area (Å²) in [5.74, 6) is 1.77. The molecule has 0 bridgehead atoms. The standard InChI is InChI=1S/C25H34/c1-17-7-11-23(3)19(15-17)5-6-20-21(23)9-12-24(4)22(20)10-14-25(24)13-8-18(2)16-25/h9,15,20,22H,1-2,5-8,10-14,16H2,3-4H3/t20?,22?,23-,24-,25?/m0/s1. The molecular weight excluding hydrogens is 300 g/mol. The highest BCUT2D eigenvalue weighted by atomic mass is 14.7. The Morgan fingerprint density at radius 3 is 2.60 bits per heavy atom. The largest absolute Gasteiger partial charge is 0.0998 e. The molecule has 5 atom stereocenters. The number of hydrogen-bond donors (Lipinski definition) is 0. The third kappa shape index (κ3) is 1.95. The molecule has 0 aliphatic heterocycles. The number of fused-ring (bicyclic) bond motifs is 6. The van der Waals surface area contributed by atoms with Gasteiger partial charge in [0.25, 0.3) is 0 Å². The van der Waals surface area contributed by atoms with Crippen molar-refractivity contribution >= 4 is 0 Å². The van der Waals surface area contributed by atoms with Gasteiger partial charge in [-0.2, -0.15) is 0 Å². The summed E-state index contributed by atoms with van der Waals surface area (Å²) in [4.78, 5) is 0. The second-order valence-corrected chi connectivity index (χ2v) is 10.4. The van der Waals surface area contributed by atoms with Gasteiger partial charge in [0.2, 0.25) is 0 Å². The maximum Gasteiger partial charge on any atom is 0.0101 e. The molecule has 5 aliphatic carbocycles. The quantitative estimate of drug-likeness (QED) is 0.412. The lowest BCUT2D eigenvalue weighted by Gasteiger charge is -2.56. The first-order chi connectivity index (χ1) is 11.9. The Labute approximate surface area is 154 Å². The van der Waals surface area contributed by atoms with Gasteiger partial charge < -0.3 is 0 Å². The van der Waals surface area contributed by atoms with Crippen LogP contribution in [-0.4, -0.2) is 0 Å². The minimum Gasteiger partial charge on any atom is -0.0998 e. The Kier molecular flexibility index (Phi) is 3.24. The van der Waals surface area contributed by atoms with Gasteiger partial charge in [0.15, 0.2) is 0 Å². The van der Waals surface area contributed by atoms with E-state index in [4.69, 9.17) is 0 Å². The SMILES string of the molecule is C=C1C=C2CCC3C(=CC[C@@]4(C)C3CCC43CCC(=C)C3)[C@@]2(C)CC1. The van der Waals surface area contributed by atoms with Gasteiger partial charge in [-0.25, -0.2) is 0 Å². The summed E-state index contributed by atoms with van der Waals surface area (Å²) in [6.45, 7) is 13.8. The molecule has 3 unspecified atom stereocenters. The first-order valence-corrected chi connectivity index (χ1v) is 10.6. The number of hydrogen-bond acceptors (Lipinski definition) is 0. The highest BCUT2D eigenvalue weighted by molar-refractivity contribution is 5.43. The van der Waals surface area contributed by atoms with Crippen molar-refractivity contribution in [1.29, 1.82) is 0 Å². The van der Waals surface area contributed by atoms with Crippen LogP contribution in [0.2, 0.25) is 0 Å². The second kappa shape index (κ2) is 5.02.